The maximum Gasteiger partial charge on any atom is 0.329 e. The van der Waals surface area contributed by atoms with E-state index in [0.29, 0.717) is 13.1 Å². The fourth-order valence-corrected chi connectivity index (χ4v) is 3.52. The Morgan fingerprint density at radius 3 is 2.35 bits per heavy atom. The van der Waals surface area contributed by atoms with E-state index in [9.17, 15) is 9.59 Å². The van der Waals surface area contributed by atoms with E-state index in [0.717, 1.165) is 29.8 Å². The molecule has 1 aliphatic rings. The zero-order chi connectivity index (χ0) is 18.1. The van der Waals surface area contributed by atoms with Gasteiger partial charge in [-0.15, -0.1) is 0 Å². The number of hydrogen-bond donors (Lipinski definition) is 0. The van der Waals surface area contributed by atoms with Crippen LogP contribution in [0.3, 0.4) is 0 Å². The summed E-state index contributed by atoms with van der Waals surface area (Å²) in [5.74, 6) is -0.0159. The van der Waals surface area contributed by atoms with Crippen molar-refractivity contribution >= 4 is 22.6 Å². The molecule has 0 bridgehead atoms. The van der Waals surface area contributed by atoms with Gasteiger partial charge >= 0.3 is 5.69 Å². The number of fused-ring (bicyclic) bond motifs is 1. The van der Waals surface area contributed by atoms with Gasteiger partial charge < -0.3 is 9.80 Å². The molecule has 0 N–H and O–H groups in total. The lowest BCUT2D eigenvalue weighted by molar-refractivity contribution is -0.132. The van der Waals surface area contributed by atoms with Crippen molar-refractivity contribution in [3.05, 3.63) is 59.3 Å². The van der Waals surface area contributed by atoms with E-state index in [1.807, 2.05) is 41.3 Å². The number of aryl methyl sites for hydroxylation is 1. The zero-order valence-electron chi connectivity index (χ0n) is 14.7. The second-order valence-electron chi connectivity index (χ2n) is 6.49. The van der Waals surface area contributed by atoms with Crippen LogP contribution in [0.1, 0.15) is 0 Å². The maximum atomic E-state index is 12.7. The maximum absolute atomic E-state index is 12.7. The van der Waals surface area contributed by atoms with Crippen molar-refractivity contribution in [1.29, 1.82) is 0 Å². The summed E-state index contributed by atoms with van der Waals surface area (Å²) < 4.78 is 3.15. The zero-order valence-corrected chi connectivity index (χ0v) is 14.7. The van der Waals surface area contributed by atoms with Crippen molar-refractivity contribution in [2.45, 2.75) is 6.54 Å². The predicted octanol–water partition coefficient (Wildman–Crippen LogP) is 1.08. The number of pyridine rings is 1. The van der Waals surface area contributed by atoms with Crippen LogP contribution in [0.5, 0.6) is 0 Å². The molecule has 7 nitrogen and oxygen atoms in total. The molecule has 0 radical (unpaired) electrons. The summed E-state index contributed by atoms with van der Waals surface area (Å²) >= 11 is 0. The lowest BCUT2D eigenvalue weighted by Gasteiger charge is -2.36. The SMILES string of the molecule is Cn1c(=O)n(CC(=O)N2CCN(c3ccncc3)CC2)c2ccccc21. The minimum atomic E-state index is -0.157. The van der Waals surface area contributed by atoms with E-state index in [-0.39, 0.29) is 18.1 Å². The van der Waals surface area contributed by atoms with Gasteiger partial charge in [0.2, 0.25) is 5.91 Å². The van der Waals surface area contributed by atoms with Crippen molar-refractivity contribution in [2.75, 3.05) is 31.1 Å². The first-order valence-corrected chi connectivity index (χ1v) is 8.72. The average Bonchev–Trinajstić information content (AvgIpc) is 2.94. The number of piperazine rings is 1. The van der Waals surface area contributed by atoms with Gasteiger partial charge in [0, 0.05) is 51.3 Å². The molecule has 4 rings (SSSR count). The number of benzene rings is 1. The van der Waals surface area contributed by atoms with Crippen LogP contribution in [0.2, 0.25) is 0 Å². The first-order valence-electron chi connectivity index (χ1n) is 8.72. The lowest BCUT2D eigenvalue weighted by Crippen LogP contribution is -2.50. The van der Waals surface area contributed by atoms with Crippen LogP contribution < -0.4 is 10.6 Å². The predicted molar refractivity (Wildman–Crippen MR) is 100 cm³/mol. The summed E-state index contributed by atoms with van der Waals surface area (Å²) in [4.78, 5) is 33.4. The first kappa shape index (κ1) is 16.4. The Balaban J connectivity index is 1.47. The van der Waals surface area contributed by atoms with Gasteiger partial charge in [-0.1, -0.05) is 12.1 Å². The van der Waals surface area contributed by atoms with Crippen molar-refractivity contribution < 1.29 is 4.79 Å². The van der Waals surface area contributed by atoms with Crippen LogP contribution in [-0.4, -0.2) is 51.1 Å². The molecule has 0 aliphatic carbocycles. The molecule has 0 unspecified atom stereocenters. The molecule has 1 aromatic carbocycles. The third-order valence-corrected chi connectivity index (χ3v) is 5.01. The molecule has 7 heteroatoms. The standard InChI is InChI=1S/C19H21N5O2/c1-21-16-4-2-3-5-17(16)24(19(21)26)14-18(25)23-12-10-22(11-13-23)15-6-8-20-9-7-15/h2-9H,10-14H2,1H3. The van der Waals surface area contributed by atoms with Gasteiger partial charge in [-0.3, -0.25) is 18.9 Å². The molecule has 1 amide bonds. The fourth-order valence-electron chi connectivity index (χ4n) is 3.52. The van der Waals surface area contributed by atoms with E-state index in [1.54, 1.807) is 28.6 Å². The summed E-state index contributed by atoms with van der Waals surface area (Å²) in [7, 11) is 1.74. The summed E-state index contributed by atoms with van der Waals surface area (Å²) in [6.45, 7) is 2.94. The number of imidazole rings is 1. The Morgan fingerprint density at radius 2 is 1.65 bits per heavy atom. The molecule has 0 atom stereocenters. The third-order valence-electron chi connectivity index (χ3n) is 5.01. The van der Waals surface area contributed by atoms with Crippen LogP contribution >= 0.6 is 0 Å². The van der Waals surface area contributed by atoms with Gasteiger partial charge in [-0.25, -0.2) is 4.79 Å². The van der Waals surface area contributed by atoms with E-state index < -0.39 is 0 Å². The number of rotatable bonds is 3. The number of carbonyl (C=O) groups is 1. The molecule has 26 heavy (non-hydrogen) atoms. The van der Waals surface area contributed by atoms with Gasteiger partial charge in [0.05, 0.1) is 11.0 Å². The molecule has 0 saturated carbocycles. The number of carbonyl (C=O) groups excluding carboxylic acids is 1. The highest BCUT2D eigenvalue weighted by molar-refractivity contribution is 5.81. The van der Waals surface area contributed by atoms with Crippen molar-refractivity contribution in [3.63, 3.8) is 0 Å². The molecule has 3 aromatic rings. The average molecular weight is 351 g/mol. The molecular weight excluding hydrogens is 330 g/mol. The van der Waals surface area contributed by atoms with Gasteiger partial charge in [-0.2, -0.15) is 0 Å². The molecule has 1 saturated heterocycles. The van der Waals surface area contributed by atoms with E-state index >= 15 is 0 Å². The van der Waals surface area contributed by atoms with Crippen LogP contribution in [-0.2, 0) is 18.4 Å². The summed E-state index contributed by atoms with van der Waals surface area (Å²) in [5.41, 5.74) is 2.60. The van der Waals surface area contributed by atoms with E-state index in [1.165, 1.54) is 0 Å². The smallest absolute Gasteiger partial charge is 0.329 e. The highest BCUT2D eigenvalue weighted by Crippen LogP contribution is 2.16. The van der Waals surface area contributed by atoms with Gasteiger partial charge in [0.15, 0.2) is 0 Å². The molecular formula is C19H21N5O2. The van der Waals surface area contributed by atoms with Crippen molar-refractivity contribution in [1.82, 2.24) is 19.0 Å². The molecule has 0 spiro atoms. The van der Waals surface area contributed by atoms with Crippen molar-refractivity contribution in [3.8, 4) is 0 Å². The van der Waals surface area contributed by atoms with Gasteiger partial charge in [-0.05, 0) is 24.3 Å². The second-order valence-corrected chi connectivity index (χ2v) is 6.49. The minimum Gasteiger partial charge on any atom is -0.368 e. The number of para-hydroxylation sites is 2. The third kappa shape index (κ3) is 2.85. The molecule has 1 aliphatic heterocycles. The molecule has 134 valence electrons. The van der Waals surface area contributed by atoms with E-state index in [2.05, 4.69) is 9.88 Å². The first-order chi connectivity index (χ1) is 12.6. The summed E-state index contributed by atoms with van der Waals surface area (Å²) in [6.07, 6.45) is 3.56. The van der Waals surface area contributed by atoms with Gasteiger partial charge in [0.25, 0.3) is 0 Å². The number of nitrogens with zero attached hydrogens (tertiary/aromatic N) is 5. The Hall–Kier alpha value is -3.09. The normalized spacial score (nSPS) is 14.8. The van der Waals surface area contributed by atoms with Crippen LogP contribution in [0.25, 0.3) is 11.0 Å². The van der Waals surface area contributed by atoms with Gasteiger partial charge in [0.1, 0.15) is 6.54 Å². The highest BCUT2D eigenvalue weighted by atomic mass is 16.2. The topological polar surface area (TPSA) is 63.4 Å². The second kappa shape index (κ2) is 6.67. The van der Waals surface area contributed by atoms with Crippen LogP contribution in [0, 0.1) is 0 Å². The quantitative estimate of drug-likeness (QED) is 0.708. The lowest BCUT2D eigenvalue weighted by atomic mass is 10.2. The summed E-state index contributed by atoms with van der Waals surface area (Å²) in [6, 6.07) is 11.5. The largest absolute Gasteiger partial charge is 0.368 e. The van der Waals surface area contributed by atoms with Crippen LogP contribution in [0.15, 0.2) is 53.6 Å². The van der Waals surface area contributed by atoms with Crippen molar-refractivity contribution in [2.24, 2.45) is 7.05 Å². The molecule has 3 heterocycles. The number of hydrogen-bond acceptors (Lipinski definition) is 4. The Labute approximate surface area is 151 Å². The molecule has 1 fully saturated rings. The number of amides is 1. The summed E-state index contributed by atoms with van der Waals surface area (Å²) in [5, 5.41) is 0. The number of aromatic nitrogens is 3. The minimum absolute atomic E-state index is 0.0159. The van der Waals surface area contributed by atoms with E-state index in [4.69, 9.17) is 0 Å². The highest BCUT2D eigenvalue weighted by Gasteiger charge is 2.23. The Morgan fingerprint density at radius 1 is 1.00 bits per heavy atom. The monoisotopic (exact) mass is 351 g/mol. The van der Waals surface area contributed by atoms with Crippen LogP contribution in [0.4, 0.5) is 5.69 Å². The number of anilines is 1. The molecule has 2 aromatic heterocycles. The fraction of sp³-hybridized carbons (Fsp3) is 0.316. The Bertz CT molecular complexity index is 984. The Kier molecular flexibility index (Phi) is 4.20.